The predicted octanol–water partition coefficient (Wildman–Crippen LogP) is 1.90. The second-order valence-corrected chi connectivity index (χ2v) is 6.08. The number of thioether (sulfide) groups is 1. The molecule has 1 amide bonds. The number of carbonyl (C=O) groups excluding carboxylic acids is 1. The van der Waals surface area contributed by atoms with Crippen LogP contribution in [0.3, 0.4) is 0 Å². The molecule has 0 aliphatic rings. The molecule has 1 N–H and O–H groups in total. The maximum atomic E-state index is 11.8. The first kappa shape index (κ1) is 15.5. The van der Waals surface area contributed by atoms with Crippen LogP contribution in [0.5, 0.6) is 0 Å². The van der Waals surface area contributed by atoms with Gasteiger partial charge in [0, 0.05) is 6.54 Å². The molecule has 0 saturated carbocycles. The summed E-state index contributed by atoms with van der Waals surface area (Å²) in [6, 6.07) is 6.04. The Kier molecular flexibility index (Phi) is 4.95. The van der Waals surface area contributed by atoms with Crippen molar-refractivity contribution in [3.8, 4) is 5.69 Å². The Morgan fingerprint density at radius 1 is 1.38 bits per heavy atom. The molecule has 7 heteroatoms. The van der Waals surface area contributed by atoms with Crippen LogP contribution in [0.1, 0.15) is 25.0 Å². The fraction of sp³-hybridized carbons (Fsp3) is 0.429. The summed E-state index contributed by atoms with van der Waals surface area (Å²) in [5.41, 5.74) is 3.15. The minimum absolute atomic E-state index is 0.0152. The van der Waals surface area contributed by atoms with Crippen molar-refractivity contribution in [2.24, 2.45) is 0 Å². The number of hydrogen-bond acceptors (Lipinski definition) is 5. The van der Waals surface area contributed by atoms with Crippen LogP contribution in [0.4, 0.5) is 0 Å². The van der Waals surface area contributed by atoms with Gasteiger partial charge in [0.1, 0.15) is 0 Å². The molecule has 2 aromatic rings. The van der Waals surface area contributed by atoms with Crippen molar-refractivity contribution in [2.75, 3.05) is 6.54 Å². The van der Waals surface area contributed by atoms with Gasteiger partial charge in [-0.3, -0.25) is 4.79 Å². The fourth-order valence-corrected chi connectivity index (χ4v) is 2.88. The van der Waals surface area contributed by atoms with Crippen LogP contribution in [0.25, 0.3) is 5.69 Å². The molecule has 112 valence electrons. The average Bonchev–Trinajstić information content (AvgIpc) is 2.87. The molecule has 1 aromatic heterocycles. The number of para-hydroxylation sites is 1. The van der Waals surface area contributed by atoms with Crippen LogP contribution in [-0.2, 0) is 4.79 Å². The summed E-state index contributed by atoms with van der Waals surface area (Å²) in [5, 5.41) is 15.0. The van der Waals surface area contributed by atoms with Crippen molar-refractivity contribution in [3.05, 3.63) is 29.3 Å². The van der Waals surface area contributed by atoms with Gasteiger partial charge in [-0.1, -0.05) is 30.0 Å². The number of nitrogens with zero attached hydrogens (tertiary/aromatic N) is 4. The summed E-state index contributed by atoms with van der Waals surface area (Å²) in [6.07, 6.45) is 0. The van der Waals surface area contributed by atoms with E-state index in [1.54, 1.807) is 4.68 Å². The van der Waals surface area contributed by atoms with Crippen molar-refractivity contribution in [2.45, 2.75) is 38.1 Å². The van der Waals surface area contributed by atoms with E-state index in [-0.39, 0.29) is 11.2 Å². The SMILES string of the molecule is CCNC(=O)[C@@H](C)Sc1nnnn1-c1c(C)cccc1C. The molecule has 1 aromatic carbocycles. The van der Waals surface area contributed by atoms with Gasteiger partial charge in [0.05, 0.1) is 10.9 Å². The molecule has 0 bridgehead atoms. The van der Waals surface area contributed by atoms with E-state index in [0.717, 1.165) is 16.8 Å². The van der Waals surface area contributed by atoms with Gasteiger partial charge < -0.3 is 5.32 Å². The third kappa shape index (κ3) is 3.41. The number of aromatic nitrogens is 4. The first-order valence-corrected chi connectivity index (χ1v) is 7.72. The van der Waals surface area contributed by atoms with Crippen molar-refractivity contribution in [3.63, 3.8) is 0 Å². The highest BCUT2D eigenvalue weighted by atomic mass is 32.2. The van der Waals surface area contributed by atoms with E-state index in [2.05, 4.69) is 20.8 Å². The Bertz CT molecular complexity index is 620. The number of amides is 1. The Labute approximate surface area is 128 Å². The Morgan fingerprint density at radius 3 is 2.67 bits per heavy atom. The molecular weight excluding hydrogens is 286 g/mol. The molecule has 0 spiro atoms. The second kappa shape index (κ2) is 6.71. The summed E-state index contributed by atoms with van der Waals surface area (Å²) >= 11 is 1.35. The number of nitrogens with one attached hydrogen (secondary N) is 1. The van der Waals surface area contributed by atoms with Crippen molar-refractivity contribution in [1.29, 1.82) is 0 Å². The minimum Gasteiger partial charge on any atom is -0.355 e. The molecule has 1 atom stereocenters. The van der Waals surface area contributed by atoms with Gasteiger partial charge in [-0.15, -0.1) is 5.10 Å². The Balaban J connectivity index is 2.29. The fourth-order valence-electron chi connectivity index (χ4n) is 2.06. The molecule has 0 radical (unpaired) electrons. The van der Waals surface area contributed by atoms with E-state index < -0.39 is 0 Å². The van der Waals surface area contributed by atoms with Gasteiger partial charge in [0.15, 0.2) is 0 Å². The maximum Gasteiger partial charge on any atom is 0.233 e. The van der Waals surface area contributed by atoms with Crippen molar-refractivity contribution in [1.82, 2.24) is 25.5 Å². The van der Waals surface area contributed by atoms with E-state index >= 15 is 0 Å². The van der Waals surface area contributed by atoms with E-state index in [1.165, 1.54) is 11.8 Å². The molecule has 0 unspecified atom stereocenters. The zero-order valence-electron chi connectivity index (χ0n) is 12.6. The number of aryl methyl sites for hydroxylation is 2. The molecule has 0 saturated heterocycles. The topological polar surface area (TPSA) is 72.7 Å². The lowest BCUT2D eigenvalue weighted by atomic mass is 10.1. The molecular formula is C14H19N5OS. The van der Waals surface area contributed by atoms with Gasteiger partial charge in [-0.05, 0) is 49.2 Å². The highest BCUT2D eigenvalue weighted by Crippen LogP contribution is 2.26. The van der Waals surface area contributed by atoms with E-state index in [0.29, 0.717) is 11.7 Å². The molecule has 6 nitrogen and oxygen atoms in total. The average molecular weight is 305 g/mol. The van der Waals surface area contributed by atoms with Crippen LogP contribution in [-0.4, -0.2) is 37.9 Å². The van der Waals surface area contributed by atoms with E-state index in [1.807, 2.05) is 45.9 Å². The maximum absolute atomic E-state index is 11.8. The van der Waals surface area contributed by atoms with E-state index in [4.69, 9.17) is 0 Å². The Morgan fingerprint density at radius 2 is 2.05 bits per heavy atom. The summed E-state index contributed by atoms with van der Waals surface area (Å²) in [6.45, 7) is 8.40. The van der Waals surface area contributed by atoms with Crippen LogP contribution < -0.4 is 5.32 Å². The molecule has 2 rings (SSSR count). The first-order valence-electron chi connectivity index (χ1n) is 6.84. The number of benzene rings is 1. The summed E-state index contributed by atoms with van der Waals surface area (Å²) < 4.78 is 1.70. The third-order valence-corrected chi connectivity index (χ3v) is 4.13. The molecule has 0 aliphatic carbocycles. The third-order valence-electron chi connectivity index (χ3n) is 3.09. The van der Waals surface area contributed by atoms with Crippen LogP contribution in [0.15, 0.2) is 23.4 Å². The lowest BCUT2D eigenvalue weighted by molar-refractivity contribution is -0.120. The number of tetrazole rings is 1. The highest BCUT2D eigenvalue weighted by molar-refractivity contribution is 8.00. The quantitative estimate of drug-likeness (QED) is 0.854. The summed E-state index contributed by atoms with van der Waals surface area (Å²) in [7, 11) is 0. The zero-order chi connectivity index (χ0) is 15.4. The van der Waals surface area contributed by atoms with Gasteiger partial charge in [-0.2, -0.15) is 4.68 Å². The summed E-state index contributed by atoms with van der Waals surface area (Å²) in [5.74, 6) is -0.0152. The van der Waals surface area contributed by atoms with Crippen LogP contribution >= 0.6 is 11.8 Å². The highest BCUT2D eigenvalue weighted by Gasteiger charge is 2.19. The predicted molar refractivity (Wildman–Crippen MR) is 82.6 cm³/mol. The normalized spacial score (nSPS) is 12.2. The van der Waals surface area contributed by atoms with Crippen LogP contribution in [0.2, 0.25) is 0 Å². The molecule has 0 fully saturated rings. The Hall–Kier alpha value is -1.89. The van der Waals surface area contributed by atoms with Gasteiger partial charge in [0.25, 0.3) is 0 Å². The van der Waals surface area contributed by atoms with Crippen molar-refractivity contribution < 1.29 is 4.79 Å². The van der Waals surface area contributed by atoms with Gasteiger partial charge >= 0.3 is 0 Å². The van der Waals surface area contributed by atoms with Crippen LogP contribution in [0, 0.1) is 13.8 Å². The first-order chi connectivity index (χ1) is 10.0. The number of carbonyl (C=O) groups is 1. The minimum atomic E-state index is -0.251. The second-order valence-electron chi connectivity index (χ2n) is 4.77. The standard InChI is InChI=1S/C14H19N5OS/c1-5-15-13(20)11(4)21-14-16-17-18-19(14)12-9(2)7-6-8-10(12)3/h6-8,11H,5H2,1-4H3,(H,15,20)/t11-/m1/s1. The van der Waals surface area contributed by atoms with Gasteiger partial charge in [0.2, 0.25) is 11.1 Å². The molecule has 1 heterocycles. The monoisotopic (exact) mass is 305 g/mol. The number of hydrogen-bond donors (Lipinski definition) is 1. The largest absolute Gasteiger partial charge is 0.355 e. The zero-order valence-corrected chi connectivity index (χ0v) is 13.4. The summed E-state index contributed by atoms with van der Waals surface area (Å²) in [4.78, 5) is 11.8. The smallest absolute Gasteiger partial charge is 0.233 e. The lowest BCUT2D eigenvalue weighted by Gasteiger charge is -2.13. The van der Waals surface area contributed by atoms with Gasteiger partial charge in [-0.25, -0.2) is 0 Å². The molecule has 21 heavy (non-hydrogen) atoms. The lowest BCUT2D eigenvalue weighted by Crippen LogP contribution is -2.30. The van der Waals surface area contributed by atoms with E-state index in [9.17, 15) is 4.79 Å². The molecule has 0 aliphatic heterocycles. The van der Waals surface area contributed by atoms with Crippen molar-refractivity contribution >= 4 is 17.7 Å². The number of rotatable bonds is 5.